The van der Waals surface area contributed by atoms with Crippen LogP contribution in [0, 0.1) is 0 Å². The van der Waals surface area contributed by atoms with Gasteiger partial charge < -0.3 is 14.1 Å². The summed E-state index contributed by atoms with van der Waals surface area (Å²) in [6.45, 7) is -0.0821. The van der Waals surface area contributed by atoms with E-state index in [0.717, 1.165) is 10.6 Å². The Morgan fingerprint density at radius 1 is 1.04 bits per heavy atom. The minimum atomic E-state index is -0.794. The molecule has 28 heavy (non-hydrogen) atoms. The molecule has 0 radical (unpaired) electrons. The van der Waals surface area contributed by atoms with Crippen molar-refractivity contribution in [3.05, 3.63) is 78.0 Å². The number of rotatable bonds is 4. The highest BCUT2D eigenvalue weighted by molar-refractivity contribution is 6.30. The number of barbiturate groups is 1. The topological polar surface area (TPSA) is 105 Å². The number of aromatic hydroxyl groups is 1. The van der Waals surface area contributed by atoms with Gasteiger partial charge in [-0.3, -0.25) is 19.8 Å². The maximum absolute atomic E-state index is 12.8. The zero-order chi connectivity index (χ0) is 19.7. The van der Waals surface area contributed by atoms with Gasteiger partial charge in [-0.25, -0.2) is 4.79 Å². The summed E-state index contributed by atoms with van der Waals surface area (Å²) in [6, 6.07) is 12.5. The number of furan rings is 1. The summed E-state index contributed by atoms with van der Waals surface area (Å²) in [5, 5.41) is 11.6. The van der Waals surface area contributed by atoms with Crippen molar-refractivity contribution in [2.75, 3.05) is 0 Å². The number of phenols is 1. The van der Waals surface area contributed by atoms with E-state index in [0.29, 0.717) is 11.5 Å². The lowest BCUT2D eigenvalue weighted by atomic mass is 10.1. The van der Waals surface area contributed by atoms with Crippen LogP contribution in [0.1, 0.15) is 11.5 Å². The molecule has 0 spiro atoms. The van der Waals surface area contributed by atoms with Gasteiger partial charge >= 0.3 is 6.03 Å². The van der Waals surface area contributed by atoms with E-state index in [4.69, 9.17) is 4.42 Å². The Labute approximate surface area is 159 Å². The third-order valence-electron chi connectivity index (χ3n) is 4.28. The third kappa shape index (κ3) is 3.18. The Morgan fingerprint density at radius 3 is 2.54 bits per heavy atom. The van der Waals surface area contributed by atoms with Crippen molar-refractivity contribution in [2.45, 2.75) is 6.54 Å². The van der Waals surface area contributed by atoms with E-state index in [2.05, 4.69) is 5.32 Å². The summed E-state index contributed by atoms with van der Waals surface area (Å²) in [6.07, 6.45) is 4.62. The van der Waals surface area contributed by atoms with E-state index in [1.54, 1.807) is 47.2 Å². The molecular weight excluding hydrogens is 362 g/mol. The highest BCUT2D eigenvalue weighted by Gasteiger charge is 2.36. The minimum absolute atomic E-state index is 0.0821. The van der Waals surface area contributed by atoms with Gasteiger partial charge in [-0.05, 0) is 54.6 Å². The number of phenolic OH excluding ortho intramolecular Hbond substituents is 1. The molecule has 2 aromatic heterocycles. The fourth-order valence-corrected chi connectivity index (χ4v) is 2.90. The van der Waals surface area contributed by atoms with Crippen molar-refractivity contribution in [3.63, 3.8) is 0 Å². The molecule has 1 aliphatic heterocycles. The van der Waals surface area contributed by atoms with Crippen LogP contribution in [0.4, 0.5) is 4.79 Å². The van der Waals surface area contributed by atoms with Crippen molar-refractivity contribution in [2.24, 2.45) is 0 Å². The minimum Gasteiger partial charge on any atom is -0.508 e. The normalized spacial score (nSPS) is 15.9. The first-order valence-electron chi connectivity index (χ1n) is 8.41. The smallest absolute Gasteiger partial charge is 0.331 e. The number of benzene rings is 1. The summed E-state index contributed by atoms with van der Waals surface area (Å²) >= 11 is 0. The number of hydrogen-bond donors (Lipinski definition) is 2. The fourth-order valence-electron chi connectivity index (χ4n) is 2.90. The number of carbonyl (C=O) groups is 3. The van der Waals surface area contributed by atoms with Gasteiger partial charge in [0.25, 0.3) is 11.8 Å². The average Bonchev–Trinajstić information content (AvgIpc) is 3.35. The molecule has 1 aromatic carbocycles. The van der Waals surface area contributed by atoms with Crippen LogP contribution in [-0.2, 0) is 16.1 Å². The molecule has 0 saturated carbocycles. The van der Waals surface area contributed by atoms with Crippen LogP contribution in [0.25, 0.3) is 11.8 Å². The van der Waals surface area contributed by atoms with Crippen LogP contribution >= 0.6 is 0 Å². The molecular formula is C20H15N3O5. The van der Waals surface area contributed by atoms with E-state index >= 15 is 0 Å². The summed E-state index contributed by atoms with van der Waals surface area (Å²) in [5.74, 6) is -0.915. The second kappa shape index (κ2) is 6.92. The van der Waals surface area contributed by atoms with Crippen molar-refractivity contribution < 1.29 is 23.9 Å². The fraction of sp³-hybridized carbons (Fsp3) is 0.0500. The molecule has 0 atom stereocenters. The molecule has 8 heteroatoms. The van der Waals surface area contributed by atoms with E-state index in [9.17, 15) is 19.5 Å². The monoisotopic (exact) mass is 377 g/mol. The van der Waals surface area contributed by atoms with Gasteiger partial charge in [-0.15, -0.1) is 0 Å². The first-order valence-corrected chi connectivity index (χ1v) is 8.41. The summed E-state index contributed by atoms with van der Waals surface area (Å²) in [4.78, 5) is 38.1. The van der Waals surface area contributed by atoms with Gasteiger partial charge in [0.1, 0.15) is 17.1 Å². The van der Waals surface area contributed by atoms with E-state index in [1.165, 1.54) is 24.5 Å². The molecule has 0 bridgehead atoms. The van der Waals surface area contributed by atoms with E-state index in [1.807, 2.05) is 0 Å². The summed E-state index contributed by atoms with van der Waals surface area (Å²) < 4.78 is 6.93. The Hall–Kier alpha value is -4.07. The molecule has 4 amide bonds. The van der Waals surface area contributed by atoms with Gasteiger partial charge in [0, 0.05) is 17.6 Å². The Morgan fingerprint density at radius 2 is 1.82 bits per heavy atom. The number of aromatic nitrogens is 1. The van der Waals surface area contributed by atoms with Crippen LogP contribution < -0.4 is 5.32 Å². The number of urea groups is 1. The maximum Gasteiger partial charge on any atom is 0.331 e. The number of nitrogens with one attached hydrogen (secondary N) is 1. The van der Waals surface area contributed by atoms with Crippen LogP contribution in [0.5, 0.6) is 5.75 Å². The number of amides is 4. The van der Waals surface area contributed by atoms with Gasteiger partial charge in [-0.2, -0.15) is 0 Å². The van der Waals surface area contributed by atoms with Crippen LogP contribution in [0.2, 0.25) is 0 Å². The van der Waals surface area contributed by atoms with Gasteiger partial charge in [0.05, 0.1) is 12.8 Å². The van der Waals surface area contributed by atoms with Crippen LogP contribution in [0.3, 0.4) is 0 Å². The average molecular weight is 377 g/mol. The van der Waals surface area contributed by atoms with E-state index < -0.39 is 17.8 Å². The van der Waals surface area contributed by atoms with Gasteiger partial charge in [0.15, 0.2) is 0 Å². The molecule has 2 N–H and O–H groups in total. The molecule has 8 nitrogen and oxygen atoms in total. The standard InChI is InChI=1S/C20H15N3O5/c24-15-7-5-13(6-8-15)22-9-1-3-14(22)11-17-18(25)21-20(27)23(19(17)26)12-16-4-2-10-28-16/h1-11,24H,12H2,(H,21,25,27). The Balaban J connectivity index is 1.68. The first kappa shape index (κ1) is 17.3. The second-order valence-electron chi connectivity index (χ2n) is 6.11. The van der Waals surface area contributed by atoms with Crippen molar-refractivity contribution in [1.29, 1.82) is 0 Å². The van der Waals surface area contributed by atoms with Crippen molar-refractivity contribution in [3.8, 4) is 11.4 Å². The third-order valence-corrected chi connectivity index (χ3v) is 4.28. The predicted molar refractivity (Wildman–Crippen MR) is 98.2 cm³/mol. The molecule has 1 fully saturated rings. The molecule has 3 aromatic rings. The number of hydrogen-bond acceptors (Lipinski definition) is 5. The number of carbonyl (C=O) groups excluding carboxylic acids is 3. The lowest BCUT2D eigenvalue weighted by Crippen LogP contribution is -2.53. The lowest BCUT2D eigenvalue weighted by molar-refractivity contribution is -0.130. The lowest BCUT2D eigenvalue weighted by Gasteiger charge is -2.25. The van der Waals surface area contributed by atoms with Crippen molar-refractivity contribution >= 4 is 23.9 Å². The van der Waals surface area contributed by atoms with Crippen LogP contribution in [-0.4, -0.2) is 32.4 Å². The predicted octanol–water partition coefficient (Wildman–Crippen LogP) is 2.44. The zero-order valence-corrected chi connectivity index (χ0v) is 14.5. The van der Waals surface area contributed by atoms with Crippen LogP contribution in [0.15, 0.2) is 71.0 Å². The molecule has 140 valence electrons. The molecule has 0 unspecified atom stereocenters. The van der Waals surface area contributed by atoms with Gasteiger partial charge in [-0.1, -0.05) is 0 Å². The summed E-state index contributed by atoms with van der Waals surface area (Å²) in [5.41, 5.74) is 1.14. The van der Waals surface area contributed by atoms with Gasteiger partial charge in [0.2, 0.25) is 0 Å². The first-order chi connectivity index (χ1) is 13.5. The Bertz CT molecular complexity index is 1080. The largest absolute Gasteiger partial charge is 0.508 e. The molecule has 1 aliphatic rings. The number of imide groups is 2. The molecule has 1 saturated heterocycles. The highest BCUT2D eigenvalue weighted by atomic mass is 16.3. The quantitative estimate of drug-likeness (QED) is 0.537. The maximum atomic E-state index is 12.8. The second-order valence-corrected chi connectivity index (χ2v) is 6.11. The molecule has 4 rings (SSSR count). The van der Waals surface area contributed by atoms with E-state index in [-0.39, 0.29) is 17.9 Å². The molecule has 0 aliphatic carbocycles. The SMILES string of the molecule is O=C1NC(=O)N(Cc2ccco2)C(=O)C1=Cc1cccn1-c1ccc(O)cc1. The number of nitrogens with zero attached hydrogens (tertiary/aromatic N) is 2. The molecule has 3 heterocycles. The summed E-state index contributed by atoms with van der Waals surface area (Å²) in [7, 11) is 0. The Kier molecular flexibility index (Phi) is 4.29. The zero-order valence-electron chi connectivity index (χ0n) is 14.5. The van der Waals surface area contributed by atoms with Crippen molar-refractivity contribution in [1.82, 2.24) is 14.8 Å². The highest BCUT2D eigenvalue weighted by Crippen LogP contribution is 2.21.